The minimum atomic E-state index is -1.50. The fraction of sp³-hybridized carbons (Fsp3) is 0.389. The average molecular weight is 338 g/mol. The van der Waals surface area contributed by atoms with Crippen LogP contribution in [-0.2, 0) is 10.2 Å². The van der Waals surface area contributed by atoms with E-state index in [1.165, 1.54) is 0 Å². The zero-order valence-corrected chi connectivity index (χ0v) is 15.5. The summed E-state index contributed by atoms with van der Waals surface area (Å²) in [6.07, 6.45) is 5.09. The van der Waals surface area contributed by atoms with Gasteiger partial charge in [-0.15, -0.1) is 5.54 Å². The molecule has 1 aliphatic rings. The molecule has 5 nitrogen and oxygen atoms in total. The molecule has 124 valence electrons. The number of hydrogen-bond acceptors (Lipinski definition) is 4. The number of hydrogen-bond donors (Lipinski definition) is 2. The zero-order valence-electron chi connectivity index (χ0n) is 14.5. The Labute approximate surface area is 143 Å². The molecular formula is C18H22N4OSi. The van der Waals surface area contributed by atoms with Gasteiger partial charge in [0, 0.05) is 30.2 Å². The lowest BCUT2D eigenvalue weighted by Gasteiger charge is -2.13. The molecule has 1 fully saturated rings. The van der Waals surface area contributed by atoms with Crippen LogP contribution in [-0.4, -0.2) is 31.0 Å². The number of carbonyl (C=O) groups is 1. The second-order valence-electron chi connectivity index (χ2n) is 7.33. The molecule has 0 bridgehead atoms. The van der Waals surface area contributed by atoms with E-state index in [1.54, 1.807) is 12.4 Å². The molecule has 6 heteroatoms. The SMILES string of the molecule is CNc1ncc(C#C[Si](C)(C)C)c2cc(C3(C(N)=O)CC3)ncc12. The van der Waals surface area contributed by atoms with Crippen LogP contribution in [0.1, 0.15) is 24.1 Å². The second-order valence-corrected chi connectivity index (χ2v) is 12.1. The summed E-state index contributed by atoms with van der Waals surface area (Å²) in [5.74, 6) is 3.74. The molecule has 0 saturated heterocycles. The standard InChI is InChI=1S/C18H22N4OSi/c1-20-16-14-11-21-15(18(6-7-18)17(19)23)9-13(14)12(10-22-16)5-8-24(2,3)4/h9-11H,6-7H2,1-4H3,(H2,19,23)(H,20,22). The smallest absolute Gasteiger partial charge is 0.229 e. The fourth-order valence-electron chi connectivity index (χ4n) is 2.70. The van der Waals surface area contributed by atoms with Gasteiger partial charge >= 0.3 is 0 Å². The molecule has 1 saturated carbocycles. The van der Waals surface area contributed by atoms with Gasteiger partial charge < -0.3 is 11.1 Å². The highest BCUT2D eigenvalue weighted by Crippen LogP contribution is 2.47. The monoisotopic (exact) mass is 338 g/mol. The number of rotatable bonds is 3. The minimum Gasteiger partial charge on any atom is -0.373 e. The van der Waals surface area contributed by atoms with Crippen molar-refractivity contribution < 1.29 is 4.79 Å². The summed E-state index contributed by atoms with van der Waals surface area (Å²) in [6, 6.07) is 1.96. The molecular weight excluding hydrogens is 316 g/mol. The van der Waals surface area contributed by atoms with Crippen LogP contribution in [0.3, 0.4) is 0 Å². The molecule has 0 aromatic carbocycles. The lowest BCUT2D eigenvalue weighted by molar-refractivity contribution is -0.120. The average Bonchev–Trinajstić information content (AvgIpc) is 3.33. The van der Waals surface area contributed by atoms with E-state index >= 15 is 0 Å². The third-order valence-electron chi connectivity index (χ3n) is 4.29. The molecule has 2 aromatic rings. The molecule has 2 heterocycles. The number of amides is 1. The van der Waals surface area contributed by atoms with Crippen molar-refractivity contribution in [3.05, 3.63) is 29.7 Å². The van der Waals surface area contributed by atoms with E-state index in [0.29, 0.717) is 0 Å². The van der Waals surface area contributed by atoms with Crippen LogP contribution in [0.4, 0.5) is 5.82 Å². The summed E-state index contributed by atoms with van der Waals surface area (Å²) >= 11 is 0. The summed E-state index contributed by atoms with van der Waals surface area (Å²) in [7, 11) is 0.329. The molecule has 3 N–H and O–H groups in total. The lowest BCUT2D eigenvalue weighted by Crippen LogP contribution is -2.29. The van der Waals surface area contributed by atoms with Crippen molar-refractivity contribution in [1.29, 1.82) is 0 Å². The van der Waals surface area contributed by atoms with E-state index in [2.05, 4.69) is 46.4 Å². The Hall–Kier alpha value is -2.39. The van der Waals surface area contributed by atoms with E-state index in [4.69, 9.17) is 5.73 Å². The topological polar surface area (TPSA) is 80.9 Å². The number of nitrogens with one attached hydrogen (secondary N) is 1. The number of fused-ring (bicyclic) bond motifs is 1. The van der Waals surface area contributed by atoms with Crippen LogP contribution < -0.4 is 11.1 Å². The molecule has 0 spiro atoms. The molecule has 24 heavy (non-hydrogen) atoms. The third kappa shape index (κ3) is 2.87. The van der Waals surface area contributed by atoms with E-state index in [1.807, 2.05) is 13.1 Å². The Balaban J connectivity index is 2.21. The van der Waals surface area contributed by atoms with Gasteiger partial charge in [-0.1, -0.05) is 25.6 Å². The van der Waals surface area contributed by atoms with Gasteiger partial charge in [0.15, 0.2) is 0 Å². The normalized spacial score (nSPS) is 15.5. The number of aromatic nitrogens is 2. The van der Waals surface area contributed by atoms with Gasteiger partial charge in [-0.05, 0) is 18.9 Å². The van der Waals surface area contributed by atoms with Crippen LogP contribution in [0.15, 0.2) is 18.5 Å². The van der Waals surface area contributed by atoms with Crippen LogP contribution in [0.2, 0.25) is 19.6 Å². The summed E-state index contributed by atoms with van der Waals surface area (Å²) in [4.78, 5) is 20.8. The third-order valence-corrected chi connectivity index (χ3v) is 5.17. The maximum Gasteiger partial charge on any atom is 0.229 e. The molecule has 3 rings (SSSR count). The first-order chi connectivity index (χ1) is 11.3. The molecule has 2 aromatic heterocycles. The van der Waals surface area contributed by atoms with Crippen LogP contribution in [0.5, 0.6) is 0 Å². The molecule has 1 aliphatic carbocycles. The van der Waals surface area contributed by atoms with Crippen molar-refractivity contribution in [3.8, 4) is 11.5 Å². The van der Waals surface area contributed by atoms with Crippen molar-refractivity contribution in [3.63, 3.8) is 0 Å². The van der Waals surface area contributed by atoms with Gasteiger partial charge in [0.05, 0.1) is 16.7 Å². The molecule has 1 amide bonds. The highest BCUT2D eigenvalue weighted by molar-refractivity contribution is 6.83. The van der Waals surface area contributed by atoms with E-state index in [-0.39, 0.29) is 5.91 Å². The molecule has 0 atom stereocenters. The summed E-state index contributed by atoms with van der Waals surface area (Å²) < 4.78 is 0. The Kier molecular flexibility index (Phi) is 3.84. The number of nitrogens with zero attached hydrogens (tertiary/aromatic N) is 2. The first kappa shape index (κ1) is 16.5. The number of carbonyl (C=O) groups excluding carboxylic acids is 1. The maximum absolute atomic E-state index is 11.8. The first-order valence-corrected chi connectivity index (χ1v) is 11.6. The van der Waals surface area contributed by atoms with Crippen molar-refractivity contribution in [1.82, 2.24) is 9.97 Å². The quantitative estimate of drug-likeness (QED) is 0.665. The van der Waals surface area contributed by atoms with Gasteiger partial charge in [-0.2, -0.15) is 0 Å². The predicted molar refractivity (Wildman–Crippen MR) is 99.4 cm³/mol. The Morgan fingerprint density at radius 1 is 1.25 bits per heavy atom. The summed E-state index contributed by atoms with van der Waals surface area (Å²) in [5, 5.41) is 4.96. The maximum atomic E-state index is 11.8. The van der Waals surface area contributed by atoms with E-state index < -0.39 is 13.5 Å². The zero-order chi connectivity index (χ0) is 17.5. The van der Waals surface area contributed by atoms with E-state index in [9.17, 15) is 4.79 Å². The highest BCUT2D eigenvalue weighted by Gasteiger charge is 2.51. The Bertz CT molecular complexity index is 885. The van der Waals surface area contributed by atoms with Gasteiger partial charge in [-0.3, -0.25) is 9.78 Å². The number of anilines is 1. The predicted octanol–water partition coefficient (Wildman–Crippen LogP) is 2.42. The number of nitrogens with two attached hydrogens (primary N) is 1. The molecule has 0 unspecified atom stereocenters. The second kappa shape index (κ2) is 5.60. The fourth-order valence-corrected chi connectivity index (χ4v) is 3.21. The highest BCUT2D eigenvalue weighted by atomic mass is 28.3. The summed E-state index contributed by atoms with van der Waals surface area (Å²) in [5.41, 5.74) is 9.99. The van der Waals surface area contributed by atoms with Gasteiger partial charge in [0.2, 0.25) is 5.91 Å². The largest absolute Gasteiger partial charge is 0.373 e. The van der Waals surface area contributed by atoms with Gasteiger partial charge in [0.25, 0.3) is 0 Å². The Morgan fingerprint density at radius 3 is 2.50 bits per heavy atom. The molecule has 0 radical (unpaired) electrons. The van der Waals surface area contributed by atoms with Crippen molar-refractivity contribution in [2.45, 2.75) is 37.9 Å². The lowest BCUT2D eigenvalue weighted by atomic mass is 9.98. The van der Waals surface area contributed by atoms with Crippen molar-refractivity contribution in [2.75, 3.05) is 12.4 Å². The minimum absolute atomic E-state index is 0.299. The Morgan fingerprint density at radius 2 is 1.96 bits per heavy atom. The van der Waals surface area contributed by atoms with E-state index in [0.717, 1.165) is 40.7 Å². The summed E-state index contributed by atoms with van der Waals surface area (Å²) in [6.45, 7) is 6.62. The number of primary amides is 1. The van der Waals surface area contributed by atoms with Gasteiger partial charge in [0.1, 0.15) is 13.9 Å². The van der Waals surface area contributed by atoms with Crippen LogP contribution >= 0.6 is 0 Å². The van der Waals surface area contributed by atoms with Crippen molar-refractivity contribution >= 4 is 30.6 Å². The van der Waals surface area contributed by atoms with Crippen LogP contribution in [0, 0.1) is 11.5 Å². The van der Waals surface area contributed by atoms with Gasteiger partial charge in [-0.25, -0.2) is 4.98 Å². The molecule has 0 aliphatic heterocycles. The van der Waals surface area contributed by atoms with Crippen LogP contribution in [0.25, 0.3) is 10.8 Å². The number of pyridine rings is 2. The van der Waals surface area contributed by atoms with Crippen molar-refractivity contribution in [2.24, 2.45) is 5.73 Å². The first-order valence-electron chi connectivity index (χ1n) is 8.07.